The van der Waals surface area contributed by atoms with Crippen molar-refractivity contribution in [2.45, 2.75) is 19.8 Å². The lowest BCUT2D eigenvalue weighted by Crippen LogP contribution is -2.22. The van der Waals surface area contributed by atoms with E-state index in [1.807, 2.05) is 74.5 Å². The number of carbonyl (C=O) groups is 1. The van der Waals surface area contributed by atoms with E-state index in [0.717, 1.165) is 22.3 Å². The molecule has 0 saturated carbocycles. The molecular weight excluding hydrogens is 310 g/mol. The Kier molecular flexibility index (Phi) is 4.85. The molecule has 0 atom stereocenters. The van der Waals surface area contributed by atoms with Gasteiger partial charge in [-0.1, -0.05) is 60.7 Å². The number of rotatable bonds is 4. The molecule has 3 nitrogen and oxygen atoms in total. The largest absolute Gasteiger partial charge is 0.506 e. The maximum absolute atomic E-state index is 13.0. The van der Waals surface area contributed by atoms with Crippen LogP contribution in [0, 0.1) is 13.8 Å². The number of nitrogens with one attached hydrogen (secondary N) is 1. The highest BCUT2D eigenvalue weighted by molar-refractivity contribution is 5.99. The Balaban J connectivity index is 1.97. The highest BCUT2D eigenvalue weighted by atomic mass is 16.3. The number of carbonyl (C=O) groups excluding carboxylic acids is 1. The summed E-state index contributed by atoms with van der Waals surface area (Å²) in [6.07, 6.45) is 0. The van der Waals surface area contributed by atoms with E-state index in [-0.39, 0.29) is 11.7 Å². The fraction of sp³-hybridized carbons (Fsp3) is 0.136. The molecule has 3 heteroatoms. The number of phenols is 1. The second-order valence-corrected chi connectivity index (χ2v) is 6.20. The summed E-state index contributed by atoms with van der Waals surface area (Å²) in [6.45, 7) is 3.88. The number of aryl methyl sites for hydroxylation is 2. The lowest BCUT2D eigenvalue weighted by atomic mass is 9.90. The molecule has 3 aromatic carbocycles. The fourth-order valence-corrected chi connectivity index (χ4v) is 2.89. The van der Waals surface area contributed by atoms with Gasteiger partial charge in [0, 0.05) is 0 Å². The van der Waals surface area contributed by atoms with E-state index < -0.39 is 5.92 Å². The van der Waals surface area contributed by atoms with Gasteiger partial charge >= 0.3 is 0 Å². The first-order valence-electron chi connectivity index (χ1n) is 8.27. The molecule has 0 aliphatic rings. The zero-order valence-corrected chi connectivity index (χ0v) is 14.4. The van der Waals surface area contributed by atoms with Crippen molar-refractivity contribution in [1.29, 1.82) is 0 Å². The molecule has 3 aromatic rings. The van der Waals surface area contributed by atoms with Gasteiger partial charge in [-0.25, -0.2) is 0 Å². The Bertz CT molecular complexity index is 834. The molecule has 3 rings (SSSR count). The Hall–Kier alpha value is -3.07. The summed E-state index contributed by atoms with van der Waals surface area (Å²) in [4.78, 5) is 13.0. The maximum atomic E-state index is 13.0. The summed E-state index contributed by atoms with van der Waals surface area (Å²) >= 11 is 0. The third-order valence-electron chi connectivity index (χ3n) is 4.40. The van der Waals surface area contributed by atoms with E-state index in [1.165, 1.54) is 0 Å². The Morgan fingerprint density at radius 1 is 0.840 bits per heavy atom. The number of amides is 1. The summed E-state index contributed by atoms with van der Waals surface area (Å²) in [6, 6.07) is 22.8. The van der Waals surface area contributed by atoms with Crippen molar-refractivity contribution in [3.05, 3.63) is 95.1 Å². The molecule has 0 unspecified atom stereocenters. The van der Waals surface area contributed by atoms with E-state index in [4.69, 9.17) is 0 Å². The second-order valence-electron chi connectivity index (χ2n) is 6.20. The SMILES string of the molecule is Cc1cc(O)c(NC(=O)C(c2ccccc2)c2ccccc2)cc1C. The molecule has 0 saturated heterocycles. The third-order valence-corrected chi connectivity index (χ3v) is 4.40. The van der Waals surface area contributed by atoms with Crippen LogP contribution in [0.5, 0.6) is 5.75 Å². The number of hydrogen-bond acceptors (Lipinski definition) is 2. The van der Waals surface area contributed by atoms with Crippen molar-refractivity contribution < 1.29 is 9.90 Å². The molecule has 126 valence electrons. The van der Waals surface area contributed by atoms with Crippen molar-refractivity contribution in [3.8, 4) is 5.75 Å². The lowest BCUT2D eigenvalue weighted by molar-refractivity contribution is -0.116. The number of anilines is 1. The van der Waals surface area contributed by atoms with E-state index in [9.17, 15) is 9.90 Å². The van der Waals surface area contributed by atoms with Gasteiger partial charge in [0.15, 0.2) is 0 Å². The molecule has 0 radical (unpaired) electrons. The number of aromatic hydroxyl groups is 1. The fourth-order valence-electron chi connectivity index (χ4n) is 2.89. The number of hydrogen-bond donors (Lipinski definition) is 2. The first-order chi connectivity index (χ1) is 12.1. The predicted molar refractivity (Wildman–Crippen MR) is 101 cm³/mol. The molecule has 0 heterocycles. The summed E-state index contributed by atoms with van der Waals surface area (Å²) in [7, 11) is 0. The van der Waals surface area contributed by atoms with Crippen LogP contribution in [0.3, 0.4) is 0 Å². The van der Waals surface area contributed by atoms with Gasteiger partial charge in [-0.15, -0.1) is 0 Å². The summed E-state index contributed by atoms with van der Waals surface area (Å²) in [5.74, 6) is -0.532. The maximum Gasteiger partial charge on any atom is 0.236 e. The van der Waals surface area contributed by atoms with Crippen molar-refractivity contribution in [2.24, 2.45) is 0 Å². The smallest absolute Gasteiger partial charge is 0.236 e. The molecule has 25 heavy (non-hydrogen) atoms. The minimum absolute atomic E-state index is 0.0799. The standard InChI is InChI=1S/C22H21NO2/c1-15-13-19(20(24)14-16(15)2)23-22(25)21(17-9-5-3-6-10-17)18-11-7-4-8-12-18/h3-14,21,24H,1-2H3,(H,23,25). The van der Waals surface area contributed by atoms with Crippen LogP contribution in [-0.4, -0.2) is 11.0 Å². The van der Waals surface area contributed by atoms with Gasteiger partial charge in [0.2, 0.25) is 5.91 Å². The van der Waals surface area contributed by atoms with Gasteiger partial charge < -0.3 is 10.4 Å². The molecule has 0 aliphatic heterocycles. The topological polar surface area (TPSA) is 49.3 Å². The lowest BCUT2D eigenvalue weighted by Gasteiger charge is -2.19. The van der Waals surface area contributed by atoms with Crippen LogP contribution in [0.15, 0.2) is 72.8 Å². The van der Waals surface area contributed by atoms with Crippen LogP contribution in [0.4, 0.5) is 5.69 Å². The van der Waals surface area contributed by atoms with Crippen LogP contribution < -0.4 is 5.32 Å². The summed E-state index contributed by atoms with van der Waals surface area (Å²) in [5.41, 5.74) is 4.26. The molecule has 0 aliphatic carbocycles. The molecule has 2 N–H and O–H groups in total. The molecule has 0 spiro atoms. The van der Waals surface area contributed by atoms with Crippen molar-refractivity contribution in [1.82, 2.24) is 0 Å². The van der Waals surface area contributed by atoms with Crippen LogP contribution in [0.25, 0.3) is 0 Å². The predicted octanol–water partition coefficient (Wildman–Crippen LogP) is 4.78. The molecular formula is C22H21NO2. The molecule has 1 amide bonds. The zero-order chi connectivity index (χ0) is 17.8. The van der Waals surface area contributed by atoms with Gasteiger partial charge in [0.05, 0.1) is 11.6 Å². The second kappa shape index (κ2) is 7.22. The van der Waals surface area contributed by atoms with Gasteiger partial charge in [-0.3, -0.25) is 4.79 Å². The van der Waals surface area contributed by atoms with E-state index in [1.54, 1.807) is 12.1 Å². The Morgan fingerprint density at radius 2 is 1.32 bits per heavy atom. The van der Waals surface area contributed by atoms with E-state index in [0.29, 0.717) is 5.69 Å². The first-order valence-corrected chi connectivity index (χ1v) is 8.27. The highest BCUT2D eigenvalue weighted by Gasteiger charge is 2.23. The first kappa shape index (κ1) is 16.8. The van der Waals surface area contributed by atoms with Gasteiger partial charge in [0.1, 0.15) is 5.75 Å². The van der Waals surface area contributed by atoms with Crippen LogP contribution in [-0.2, 0) is 4.79 Å². The van der Waals surface area contributed by atoms with Crippen molar-refractivity contribution in [2.75, 3.05) is 5.32 Å². The van der Waals surface area contributed by atoms with Gasteiger partial charge in [-0.2, -0.15) is 0 Å². The van der Waals surface area contributed by atoms with Crippen LogP contribution in [0.1, 0.15) is 28.2 Å². The van der Waals surface area contributed by atoms with E-state index >= 15 is 0 Å². The minimum Gasteiger partial charge on any atom is -0.506 e. The van der Waals surface area contributed by atoms with Crippen LogP contribution >= 0.6 is 0 Å². The average molecular weight is 331 g/mol. The van der Waals surface area contributed by atoms with Crippen LogP contribution in [0.2, 0.25) is 0 Å². The summed E-state index contributed by atoms with van der Waals surface area (Å²) in [5, 5.41) is 13.1. The number of benzene rings is 3. The normalized spacial score (nSPS) is 10.7. The van der Waals surface area contributed by atoms with Gasteiger partial charge in [-0.05, 0) is 48.2 Å². The van der Waals surface area contributed by atoms with Crippen molar-refractivity contribution >= 4 is 11.6 Å². The molecule has 0 bridgehead atoms. The number of phenolic OH excluding ortho intramolecular Hbond substituents is 1. The van der Waals surface area contributed by atoms with Crippen molar-refractivity contribution in [3.63, 3.8) is 0 Å². The zero-order valence-electron chi connectivity index (χ0n) is 14.4. The van der Waals surface area contributed by atoms with E-state index in [2.05, 4.69) is 5.32 Å². The molecule has 0 fully saturated rings. The third kappa shape index (κ3) is 3.72. The highest BCUT2D eigenvalue weighted by Crippen LogP contribution is 2.30. The molecule has 0 aromatic heterocycles. The monoisotopic (exact) mass is 331 g/mol. The minimum atomic E-state index is -0.441. The van der Waals surface area contributed by atoms with Gasteiger partial charge in [0.25, 0.3) is 0 Å². The Labute approximate surface area is 148 Å². The Morgan fingerprint density at radius 3 is 1.84 bits per heavy atom. The average Bonchev–Trinajstić information content (AvgIpc) is 2.62. The quantitative estimate of drug-likeness (QED) is 0.676. The summed E-state index contributed by atoms with van der Waals surface area (Å²) < 4.78 is 0.